The maximum absolute atomic E-state index is 13.2. The molecule has 0 aliphatic rings. The minimum absolute atomic E-state index is 0.197. The molecule has 0 amide bonds. The molecule has 0 unspecified atom stereocenters. The third-order valence-corrected chi connectivity index (χ3v) is 2.73. The van der Waals surface area contributed by atoms with E-state index in [-0.39, 0.29) is 11.9 Å². The highest BCUT2D eigenvalue weighted by atomic mass is 19.1. The molecule has 1 aromatic carbocycles. The van der Waals surface area contributed by atoms with Crippen LogP contribution in [0.3, 0.4) is 0 Å². The van der Waals surface area contributed by atoms with E-state index in [0.29, 0.717) is 18.7 Å². The summed E-state index contributed by atoms with van der Waals surface area (Å²) in [6, 6.07) is 4.47. The van der Waals surface area contributed by atoms with Gasteiger partial charge < -0.3 is 14.7 Å². The Bertz CT molecular complexity index is 380. The van der Waals surface area contributed by atoms with Gasteiger partial charge >= 0.3 is 0 Å². The molecule has 1 rings (SSSR count). The lowest BCUT2D eigenvalue weighted by Crippen LogP contribution is -2.25. The van der Waals surface area contributed by atoms with Crippen LogP contribution >= 0.6 is 0 Å². The highest BCUT2D eigenvalue weighted by molar-refractivity contribution is 5.54. The number of nitrogens with zero attached hydrogens (tertiary/aromatic N) is 1. The van der Waals surface area contributed by atoms with E-state index in [0.717, 1.165) is 5.69 Å². The van der Waals surface area contributed by atoms with Crippen LogP contribution in [0.25, 0.3) is 0 Å². The molecule has 0 fully saturated rings. The van der Waals surface area contributed by atoms with Crippen molar-refractivity contribution in [3.8, 4) is 0 Å². The van der Waals surface area contributed by atoms with Gasteiger partial charge in [-0.25, -0.2) is 4.39 Å². The van der Waals surface area contributed by atoms with Crippen molar-refractivity contribution >= 4 is 5.69 Å². The molecule has 0 saturated carbocycles. The van der Waals surface area contributed by atoms with Crippen LogP contribution in [0.15, 0.2) is 18.2 Å². The summed E-state index contributed by atoms with van der Waals surface area (Å²) >= 11 is 0. The van der Waals surface area contributed by atoms with Gasteiger partial charge in [0.2, 0.25) is 0 Å². The first-order valence-corrected chi connectivity index (χ1v) is 6.22. The maximum atomic E-state index is 13.2. The number of halogens is 1. The van der Waals surface area contributed by atoms with Crippen LogP contribution in [0.5, 0.6) is 0 Å². The molecule has 1 atom stereocenters. The van der Waals surface area contributed by atoms with Crippen LogP contribution in [0.4, 0.5) is 10.1 Å². The van der Waals surface area contributed by atoms with E-state index in [1.165, 1.54) is 12.1 Å². The summed E-state index contributed by atoms with van der Waals surface area (Å²) in [6.07, 6.45) is -0.493. The zero-order chi connectivity index (χ0) is 13.7. The predicted octanol–water partition coefficient (Wildman–Crippen LogP) is 2.74. The number of hydrogen-bond acceptors (Lipinski definition) is 3. The van der Waals surface area contributed by atoms with Crippen LogP contribution in [0, 0.1) is 5.82 Å². The average molecular weight is 255 g/mol. The SMILES string of the molecule is CC(C)OCCN(C)c1ccc(F)cc1[C@@H](C)O. The Morgan fingerprint density at radius 1 is 1.33 bits per heavy atom. The Balaban J connectivity index is 2.75. The van der Waals surface area contributed by atoms with Gasteiger partial charge in [0.25, 0.3) is 0 Å². The topological polar surface area (TPSA) is 32.7 Å². The molecule has 4 heteroatoms. The van der Waals surface area contributed by atoms with Gasteiger partial charge in [-0.15, -0.1) is 0 Å². The minimum atomic E-state index is -0.691. The van der Waals surface area contributed by atoms with E-state index in [9.17, 15) is 9.50 Å². The van der Waals surface area contributed by atoms with E-state index < -0.39 is 6.10 Å². The van der Waals surface area contributed by atoms with Crippen LogP contribution in [-0.4, -0.2) is 31.4 Å². The van der Waals surface area contributed by atoms with E-state index in [1.807, 2.05) is 25.8 Å². The molecule has 102 valence electrons. The molecule has 1 N–H and O–H groups in total. The normalized spacial score (nSPS) is 12.8. The zero-order valence-electron chi connectivity index (χ0n) is 11.5. The fourth-order valence-electron chi connectivity index (χ4n) is 1.75. The molecule has 0 aliphatic carbocycles. The molecule has 18 heavy (non-hydrogen) atoms. The second-order valence-corrected chi connectivity index (χ2v) is 4.72. The van der Waals surface area contributed by atoms with Gasteiger partial charge in [0.05, 0.1) is 18.8 Å². The Hall–Kier alpha value is -1.13. The molecular weight excluding hydrogens is 233 g/mol. The summed E-state index contributed by atoms with van der Waals surface area (Å²) < 4.78 is 18.7. The van der Waals surface area contributed by atoms with Gasteiger partial charge in [-0.2, -0.15) is 0 Å². The Kier molecular flexibility index (Phi) is 5.56. The average Bonchev–Trinajstić information content (AvgIpc) is 2.28. The molecule has 1 aromatic rings. The molecule has 0 spiro atoms. The third kappa shape index (κ3) is 4.27. The van der Waals surface area contributed by atoms with Gasteiger partial charge in [-0.3, -0.25) is 0 Å². The highest BCUT2D eigenvalue weighted by Crippen LogP contribution is 2.26. The molecule has 0 bridgehead atoms. The largest absolute Gasteiger partial charge is 0.389 e. The number of likely N-dealkylation sites (N-methyl/N-ethyl adjacent to an activating group) is 1. The summed E-state index contributed by atoms with van der Waals surface area (Å²) in [5.41, 5.74) is 1.43. The molecule has 0 heterocycles. The lowest BCUT2D eigenvalue weighted by molar-refractivity contribution is 0.0845. The van der Waals surface area contributed by atoms with E-state index in [1.54, 1.807) is 13.0 Å². The van der Waals surface area contributed by atoms with Crippen LogP contribution in [-0.2, 0) is 4.74 Å². The van der Waals surface area contributed by atoms with Gasteiger partial charge in [0.15, 0.2) is 0 Å². The number of anilines is 1. The van der Waals surface area contributed by atoms with Crippen molar-refractivity contribution in [2.75, 3.05) is 25.1 Å². The second kappa shape index (κ2) is 6.71. The van der Waals surface area contributed by atoms with Crippen LogP contribution < -0.4 is 4.90 Å². The van der Waals surface area contributed by atoms with Crippen LogP contribution in [0.2, 0.25) is 0 Å². The van der Waals surface area contributed by atoms with Gasteiger partial charge in [-0.1, -0.05) is 0 Å². The fraction of sp³-hybridized carbons (Fsp3) is 0.571. The minimum Gasteiger partial charge on any atom is -0.389 e. The molecular formula is C14H22FNO2. The predicted molar refractivity (Wildman–Crippen MR) is 71.4 cm³/mol. The van der Waals surface area contributed by atoms with Gasteiger partial charge in [0.1, 0.15) is 5.82 Å². The molecule has 0 radical (unpaired) electrons. The van der Waals surface area contributed by atoms with E-state index in [2.05, 4.69) is 0 Å². The second-order valence-electron chi connectivity index (χ2n) is 4.72. The lowest BCUT2D eigenvalue weighted by atomic mass is 10.1. The Labute approximate surface area is 108 Å². The van der Waals surface area contributed by atoms with Crippen molar-refractivity contribution in [1.82, 2.24) is 0 Å². The Morgan fingerprint density at radius 2 is 2.00 bits per heavy atom. The number of aliphatic hydroxyl groups is 1. The smallest absolute Gasteiger partial charge is 0.123 e. The van der Waals surface area contributed by atoms with Crippen molar-refractivity contribution in [3.05, 3.63) is 29.6 Å². The molecule has 0 saturated heterocycles. The number of aliphatic hydroxyl groups excluding tert-OH is 1. The fourth-order valence-corrected chi connectivity index (χ4v) is 1.75. The summed E-state index contributed by atoms with van der Waals surface area (Å²) in [4.78, 5) is 1.96. The third-order valence-electron chi connectivity index (χ3n) is 2.73. The zero-order valence-corrected chi connectivity index (χ0v) is 11.5. The van der Waals surface area contributed by atoms with E-state index >= 15 is 0 Å². The lowest BCUT2D eigenvalue weighted by Gasteiger charge is -2.24. The molecule has 0 aliphatic heterocycles. The highest BCUT2D eigenvalue weighted by Gasteiger charge is 2.12. The van der Waals surface area contributed by atoms with Crippen molar-refractivity contribution in [2.45, 2.75) is 33.0 Å². The summed E-state index contributed by atoms with van der Waals surface area (Å²) in [5.74, 6) is -0.332. The molecule has 3 nitrogen and oxygen atoms in total. The summed E-state index contributed by atoms with van der Waals surface area (Å²) in [7, 11) is 1.91. The van der Waals surface area contributed by atoms with Crippen molar-refractivity contribution in [3.63, 3.8) is 0 Å². The molecule has 0 aromatic heterocycles. The number of benzene rings is 1. The van der Waals surface area contributed by atoms with Crippen molar-refractivity contribution in [1.29, 1.82) is 0 Å². The number of rotatable bonds is 6. The standard InChI is InChI=1S/C14H22FNO2/c1-10(2)18-8-7-16(4)14-6-5-12(15)9-13(14)11(3)17/h5-6,9-11,17H,7-8H2,1-4H3/t11-/m1/s1. The number of ether oxygens (including phenoxy) is 1. The Morgan fingerprint density at radius 3 is 2.56 bits per heavy atom. The first kappa shape index (κ1) is 14.9. The first-order chi connectivity index (χ1) is 8.41. The van der Waals surface area contributed by atoms with Gasteiger partial charge in [0, 0.05) is 24.8 Å². The monoisotopic (exact) mass is 255 g/mol. The quantitative estimate of drug-likeness (QED) is 0.848. The number of hydrogen-bond donors (Lipinski definition) is 1. The van der Waals surface area contributed by atoms with E-state index in [4.69, 9.17) is 4.74 Å². The van der Waals surface area contributed by atoms with Crippen molar-refractivity contribution in [2.24, 2.45) is 0 Å². The van der Waals surface area contributed by atoms with Crippen molar-refractivity contribution < 1.29 is 14.2 Å². The first-order valence-electron chi connectivity index (χ1n) is 6.22. The maximum Gasteiger partial charge on any atom is 0.123 e. The van der Waals surface area contributed by atoms with Crippen LogP contribution in [0.1, 0.15) is 32.4 Å². The summed E-state index contributed by atoms with van der Waals surface area (Å²) in [5, 5.41) is 9.67. The summed E-state index contributed by atoms with van der Waals surface area (Å²) in [6.45, 7) is 6.91. The van der Waals surface area contributed by atoms with Gasteiger partial charge in [-0.05, 0) is 39.0 Å².